The third-order valence-corrected chi connectivity index (χ3v) is 8.54. The summed E-state index contributed by atoms with van der Waals surface area (Å²) < 4.78 is 79.4. The van der Waals surface area contributed by atoms with Crippen molar-refractivity contribution in [2.75, 3.05) is 0 Å². The van der Waals surface area contributed by atoms with Crippen LogP contribution in [-0.2, 0) is 21.1 Å². The molecule has 9 aromatic rings. The summed E-state index contributed by atoms with van der Waals surface area (Å²) in [4.78, 5) is 14.7. The second-order valence-corrected chi connectivity index (χ2v) is 11.2. The van der Waals surface area contributed by atoms with Crippen LogP contribution in [0.3, 0.4) is 0 Å². The Balaban J connectivity index is 0.00000441. The van der Waals surface area contributed by atoms with E-state index >= 15 is 0 Å². The number of fused-ring (bicyclic) bond motifs is 8. The Hall–Kier alpha value is -5.32. The van der Waals surface area contributed by atoms with E-state index in [9.17, 15) is 5.11 Å². The molecule has 4 heterocycles. The summed E-state index contributed by atoms with van der Waals surface area (Å²) in [6, 6.07) is 32.0. The smallest absolute Gasteiger partial charge is 0.152 e. The third-order valence-electron chi connectivity index (χ3n) is 8.54. The molecule has 230 valence electrons. The Labute approximate surface area is 297 Å². The van der Waals surface area contributed by atoms with Crippen LogP contribution in [0.15, 0.2) is 109 Å². The summed E-state index contributed by atoms with van der Waals surface area (Å²) >= 11 is 0. The minimum Gasteiger partial charge on any atom is -0.507 e. The van der Waals surface area contributed by atoms with E-state index in [1.165, 1.54) is 42.7 Å². The molecule has 0 saturated heterocycles. The van der Waals surface area contributed by atoms with Crippen LogP contribution in [0.5, 0.6) is 5.75 Å². The molecule has 1 N–H and O–H groups in total. The number of phenols is 1. The zero-order valence-corrected chi connectivity index (χ0v) is 26.7. The molecule has 0 radical (unpaired) electrons. The number of nitrogens with zero attached hydrogens (tertiary/aromatic N) is 5. The summed E-state index contributed by atoms with van der Waals surface area (Å²) in [6.45, 7) is -7.95. The number of hydrogen-bond acceptors (Lipinski definition) is 4. The maximum absolute atomic E-state index is 11.1. The van der Waals surface area contributed by atoms with Gasteiger partial charge in [-0.05, 0) is 84.6 Å². The number of hydrogen-bond donors (Lipinski definition) is 1. The molecular weight excluding hydrogens is 762 g/mol. The Kier molecular flexibility index (Phi) is 4.80. The summed E-state index contributed by atoms with van der Waals surface area (Å²) in [5, 5.41) is 13.2. The van der Waals surface area contributed by atoms with Gasteiger partial charge in [-0.1, -0.05) is 54.0 Å². The van der Waals surface area contributed by atoms with Crippen LogP contribution in [0.1, 0.15) is 29.0 Å². The van der Waals surface area contributed by atoms with E-state index in [1.807, 2.05) is 41.0 Å². The average Bonchev–Trinajstić information content (AvgIpc) is 3.70. The maximum Gasteiger partial charge on any atom is 0.152 e. The number of aromatic nitrogens is 5. The standard InChI is InChI=1S/C40H28N5O.Pt/c1-23-20-31(42-35(21-23)45-32-15-6-4-12-26(32)27-13-5-7-16-33(27)45)28-18-19-29(36-24(2)10-8-11-25(36)3)39-38(28)43-40-37-30(41-22-44(39)40)14-9-17-34(37)46;/h4-15,17-22,46H,1-3H3;/q-1;/i1D3,2D3,3D3;. The van der Waals surface area contributed by atoms with Crippen LogP contribution >= 0.6 is 0 Å². The van der Waals surface area contributed by atoms with Crippen LogP contribution in [0, 0.1) is 26.6 Å². The number of para-hydroxylation sites is 2. The molecule has 7 heteroatoms. The van der Waals surface area contributed by atoms with Crippen molar-refractivity contribution in [1.29, 1.82) is 0 Å². The molecule has 5 aromatic carbocycles. The second-order valence-electron chi connectivity index (χ2n) is 11.2. The topological polar surface area (TPSA) is 68.2 Å². The van der Waals surface area contributed by atoms with Crippen molar-refractivity contribution in [3.05, 3.63) is 132 Å². The summed E-state index contributed by atoms with van der Waals surface area (Å²) in [6.07, 6.45) is 1.48. The van der Waals surface area contributed by atoms with Gasteiger partial charge in [-0.3, -0.25) is 4.40 Å². The average molecular weight is 799 g/mol. The van der Waals surface area contributed by atoms with Gasteiger partial charge >= 0.3 is 0 Å². The van der Waals surface area contributed by atoms with Crippen LogP contribution in [0.4, 0.5) is 0 Å². The second kappa shape index (κ2) is 10.9. The number of pyridine rings is 1. The van der Waals surface area contributed by atoms with E-state index in [1.54, 1.807) is 34.7 Å². The fourth-order valence-corrected chi connectivity index (χ4v) is 6.58. The van der Waals surface area contributed by atoms with Gasteiger partial charge in [0.1, 0.15) is 17.9 Å². The molecule has 0 atom stereocenters. The molecule has 47 heavy (non-hydrogen) atoms. The van der Waals surface area contributed by atoms with Crippen molar-refractivity contribution in [3.63, 3.8) is 0 Å². The van der Waals surface area contributed by atoms with E-state index in [4.69, 9.17) is 22.3 Å². The molecule has 0 spiro atoms. The van der Waals surface area contributed by atoms with Crippen LogP contribution in [0.25, 0.3) is 77.6 Å². The van der Waals surface area contributed by atoms with E-state index in [-0.39, 0.29) is 71.5 Å². The molecule has 9 rings (SSSR count). The van der Waals surface area contributed by atoms with Crippen LogP contribution in [0.2, 0.25) is 0 Å². The van der Waals surface area contributed by atoms with Gasteiger partial charge in [-0.2, -0.15) is 24.3 Å². The summed E-state index contributed by atoms with van der Waals surface area (Å²) in [5.41, 5.74) is 3.25. The van der Waals surface area contributed by atoms with Crippen molar-refractivity contribution < 1.29 is 38.5 Å². The van der Waals surface area contributed by atoms with E-state index in [0.29, 0.717) is 33.3 Å². The number of benzene rings is 5. The van der Waals surface area contributed by atoms with Gasteiger partial charge in [0.2, 0.25) is 0 Å². The molecule has 4 aromatic heterocycles. The molecule has 0 amide bonds. The number of phenolic OH excluding ortho intramolecular Hbond substituents is 1. The van der Waals surface area contributed by atoms with Gasteiger partial charge in [0, 0.05) is 50.0 Å². The van der Waals surface area contributed by atoms with Gasteiger partial charge < -0.3 is 9.67 Å². The summed E-state index contributed by atoms with van der Waals surface area (Å²) in [7, 11) is 0. The molecule has 0 unspecified atom stereocenters. The largest absolute Gasteiger partial charge is 0.507 e. The van der Waals surface area contributed by atoms with Crippen molar-refractivity contribution in [2.45, 2.75) is 20.6 Å². The summed E-state index contributed by atoms with van der Waals surface area (Å²) in [5.74, 6) is 0.216. The molecule has 0 aliphatic heterocycles. The normalized spacial score (nSPS) is 15.3. The number of aromatic hydroxyl groups is 1. The first kappa shape index (κ1) is 20.7. The maximum atomic E-state index is 11.1. The van der Waals surface area contributed by atoms with Gasteiger partial charge in [0.05, 0.1) is 27.6 Å². The Bertz CT molecular complexity index is 2950. The minimum absolute atomic E-state index is 0. The zero-order valence-electron chi connectivity index (χ0n) is 33.4. The van der Waals surface area contributed by atoms with Gasteiger partial charge in [-0.15, -0.1) is 5.39 Å². The molecule has 0 bridgehead atoms. The predicted octanol–water partition coefficient (Wildman–Crippen LogP) is 9.29. The van der Waals surface area contributed by atoms with Gasteiger partial charge in [0.25, 0.3) is 0 Å². The molecule has 0 aliphatic rings. The molecule has 0 aliphatic carbocycles. The molecule has 0 saturated carbocycles. The van der Waals surface area contributed by atoms with Crippen molar-refractivity contribution in [2.24, 2.45) is 0 Å². The first-order chi connectivity index (χ1) is 26.1. The quantitative estimate of drug-likeness (QED) is 0.181. The third kappa shape index (κ3) is 4.32. The van der Waals surface area contributed by atoms with Crippen molar-refractivity contribution in [1.82, 2.24) is 23.9 Å². The number of imidazole rings is 1. The first-order valence-electron chi connectivity index (χ1n) is 19.1. The Morgan fingerprint density at radius 3 is 2.45 bits per heavy atom. The van der Waals surface area contributed by atoms with Gasteiger partial charge in [0.15, 0.2) is 5.65 Å². The van der Waals surface area contributed by atoms with Gasteiger partial charge in [-0.25, -0.2) is 15.0 Å². The fourth-order valence-electron chi connectivity index (χ4n) is 6.58. The van der Waals surface area contributed by atoms with E-state index < -0.39 is 20.6 Å². The van der Waals surface area contributed by atoms with Crippen molar-refractivity contribution >= 4 is 49.4 Å². The van der Waals surface area contributed by atoms with Crippen LogP contribution < -0.4 is 0 Å². The fraction of sp³-hybridized carbons (Fsp3) is 0.0750. The number of aryl methyl sites for hydroxylation is 3. The molecular formula is C40H28N5OPt-. The van der Waals surface area contributed by atoms with E-state index in [0.717, 1.165) is 16.3 Å². The van der Waals surface area contributed by atoms with Crippen LogP contribution in [-0.4, -0.2) is 29.0 Å². The molecule has 6 nitrogen and oxygen atoms in total. The monoisotopic (exact) mass is 798 g/mol. The first-order valence-corrected chi connectivity index (χ1v) is 14.6. The zero-order chi connectivity index (χ0) is 38.6. The minimum atomic E-state index is -2.70. The van der Waals surface area contributed by atoms with Crippen molar-refractivity contribution in [3.8, 4) is 34.0 Å². The SMILES string of the molecule is [2H]C([2H])([2H])c1cc(-c2ccc(-c3c(C([2H])([2H])[2H])cccc3C([2H])([2H])[2H])c3c2nc2c4c(O)cccc4ncn23)nc(-n2c3[c-]cccc3c3ccccc32)c1.[Pt]. The Morgan fingerprint density at radius 1 is 0.787 bits per heavy atom. The van der Waals surface area contributed by atoms with E-state index in [2.05, 4.69) is 11.1 Å². The number of rotatable bonds is 3. The predicted molar refractivity (Wildman–Crippen MR) is 186 cm³/mol. The molecule has 0 fully saturated rings. The Morgan fingerprint density at radius 2 is 1.60 bits per heavy atom.